The normalized spacial score (nSPS) is 11.1. The lowest BCUT2D eigenvalue weighted by Gasteiger charge is -2.30. The lowest BCUT2D eigenvalue weighted by molar-refractivity contribution is 0.195. The van der Waals surface area contributed by atoms with Gasteiger partial charge >= 0.3 is 6.09 Å². The number of carboxylic acid groups (broad SMARTS) is 1. The van der Waals surface area contributed by atoms with Crippen molar-refractivity contribution in [2.45, 2.75) is 33.2 Å². The van der Waals surface area contributed by atoms with E-state index >= 15 is 0 Å². The third-order valence-corrected chi connectivity index (χ3v) is 4.23. The van der Waals surface area contributed by atoms with Crippen LogP contribution in [0.2, 0.25) is 0 Å². The summed E-state index contributed by atoms with van der Waals surface area (Å²) in [6, 6.07) is 14.9. The summed E-state index contributed by atoms with van der Waals surface area (Å²) in [5, 5.41) is 23.5. The fraction of sp³-hybridized carbons (Fsp3) is 0.238. The van der Waals surface area contributed by atoms with Crippen LogP contribution in [-0.4, -0.2) is 31.5 Å². The van der Waals surface area contributed by atoms with Gasteiger partial charge in [-0.1, -0.05) is 29.8 Å². The largest absolute Gasteiger partial charge is 0.465 e. The van der Waals surface area contributed by atoms with E-state index in [1.54, 1.807) is 43.7 Å². The zero-order valence-corrected chi connectivity index (χ0v) is 16.2. The number of carbonyl (C=O) groups is 1. The second-order valence-electron chi connectivity index (χ2n) is 7.47. The summed E-state index contributed by atoms with van der Waals surface area (Å²) < 4.78 is 1.57. The van der Waals surface area contributed by atoms with Gasteiger partial charge in [0.15, 0.2) is 11.6 Å². The SMILES string of the molecule is Cc1ccc(-c2cc(N(C(=O)O)C(C)(C)C)nn2-c2cc(C#N)ccn2)cc1. The summed E-state index contributed by atoms with van der Waals surface area (Å²) in [7, 11) is 0. The number of hydrogen-bond acceptors (Lipinski definition) is 4. The molecule has 0 bridgehead atoms. The molecule has 2 aromatic heterocycles. The van der Waals surface area contributed by atoms with Crippen molar-refractivity contribution >= 4 is 11.9 Å². The lowest BCUT2D eigenvalue weighted by Crippen LogP contribution is -2.45. The van der Waals surface area contributed by atoms with E-state index in [0.29, 0.717) is 22.9 Å². The monoisotopic (exact) mass is 375 g/mol. The van der Waals surface area contributed by atoms with Gasteiger partial charge in [-0.3, -0.25) is 4.90 Å². The predicted octanol–water partition coefficient (Wildman–Crippen LogP) is 4.40. The third-order valence-electron chi connectivity index (χ3n) is 4.23. The number of nitrogens with zero attached hydrogens (tertiary/aromatic N) is 5. The van der Waals surface area contributed by atoms with Gasteiger partial charge in [0.2, 0.25) is 0 Å². The molecule has 0 spiro atoms. The molecule has 3 aromatic rings. The maximum Gasteiger partial charge on any atom is 0.413 e. The van der Waals surface area contributed by atoms with E-state index in [1.165, 1.54) is 11.1 Å². The van der Waals surface area contributed by atoms with E-state index in [9.17, 15) is 15.2 Å². The minimum atomic E-state index is -1.09. The van der Waals surface area contributed by atoms with Crippen LogP contribution in [0.4, 0.5) is 10.6 Å². The second-order valence-corrected chi connectivity index (χ2v) is 7.47. The van der Waals surface area contributed by atoms with Gasteiger partial charge in [0.05, 0.1) is 17.3 Å². The first-order valence-electron chi connectivity index (χ1n) is 8.77. The first-order chi connectivity index (χ1) is 13.2. The fourth-order valence-electron chi connectivity index (χ4n) is 2.91. The average molecular weight is 375 g/mol. The van der Waals surface area contributed by atoms with Gasteiger partial charge in [0, 0.05) is 29.4 Å². The molecule has 0 saturated carbocycles. The Hall–Kier alpha value is -3.66. The Morgan fingerprint density at radius 2 is 1.86 bits per heavy atom. The molecule has 7 heteroatoms. The number of rotatable bonds is 3. The van der Waals surface area contributed by atoms with E-state index in [4.69, 9.17) is 0 Å². The van der Waals surface area contributed by atoms with Crippen molar-refractivity contribution in [3.63, 3.8) is 0 Å². The minimum Gasteiger partial charge on any atom is -0.465 e. The minimum absolute atomic E-state index is 0.291. The van der Waals surface area contributed by atoms with Crippen molar-refractivity contribution < 1.29 is 9.90 Å². The van der Waals surface area contributed by atoms with Crippen LogP contribution in [0.5, 0.6) is 0 Å². The Morgan fingerprint density at radius 3 is 2.43 bits per heavy atom. The summed E-state index contributed by atoms with van der Waals surface area (Å²) in [4.78, 5) is 17.4. The zero-order chi connectivity index (χ0) is 20.5. The van der Waals surface area contributed by atoms with Crippen molar-refractivity contribution in [3.8, 4) is 23.1 Å². The molecular weight excluding hydrogens is 354 g/mol. The molecule has 0 aliphatic carbocycles. The molecule has 1 amide bonds. The van der Waals surface area contributed by atoms with Crippen LogP contribution < -0.4 is 4.90 Å². The van der Waals surface area contributed by atoms with Gasteiger partial charge < -0.3 is 5.11 Å². The molecule has 0 unspecified atom stereocenters. The molecule has 28 heavy (non-hydrogen) atoms. The van der Waals surface area contributed by atoms with Crippen LogP contribution in [0.1, 0.15) is 31.9 Å². The van der Waals surface area contributed by atoms with Gasteiger partial charge in [-0.2, -0.15) is 5.26 Å². The summed E-state index contributed by atoms with van der Waals surface area (Å²) in [6.45, 7) is 7.41. The van der Waals surface area contributed by atoms with E-state index < -0.39 is 11.6 Å². The highest BCUT2D eigenvalue weighted by atomic mass is 16.4. The highest BCUT2D eigenvalue weighted by Gasteiger charge is 2.31. The highest BCUT2D eigenvalue weighted by molar-refractivity contribution is 5.87. The molecule has 3 rings (SSSR count). The Balaban J connectivity index is 2.24. The van der Waals surface area contributed by atoms with Crippen LogP contribution in [0, 0.1) is 18.3 Å². The quantitative estimate of drug-likeness (QED) is 0.732. The second kappa shape index (κ2) is 7.16. The summed E-state index contributed by atoms with van der Waals surface area (Å²) >= 11 is 0. The molecule has 0 aliphatic rings. The zero-order valence-electron chi connectivity index (χ0n) is 16.2. The molecule has 0 aliphatic heterocycles. The number of hydrogen-bond donors (Lipinski definition) is 1. The Labute approximate surface area is 163 Å². The van der Waals surface area contributed by atoms with Crippen molar-refractivity contribution in [2.24, 2.45) is 0 Å². The van der Waals surface area contributed by atoms with Crippen molar-refractivity contribution in [1.82, 2.24) is 14.8 Å². The molecule has 1 aromatic carbocycles. The molecule has 7 nitrogen and oxygen atoms in total. The van der Waals surface area contributed by atoms with Crippen LogP contribution in [-0.2, 0) is 0 Å². The third kappa shape index (κ3) is 3.71. The molecule has 0 fully saturated rings. The maximum absolute atomic E-state index is 11.9. The number of aromatic nitrogens is 3. The number of nitriles is 1. The molecular formula is C21H21N5O2. The van der Waals surface area contributed by atoms with Crippen molar-refractivity contribution in [2.75, 3.05) is 4.90 Å². The molecule has 1 N–H and O–H groups in total. The van der Waals surface area contributed by atoms with E-state index in [1.807, 2.05) is 31.2 Å². The number of anilines is 1. The first-order valence-corrected chi connectivity index (χ1v) is 8.77. The summed E-state index contributed by atoms with van der Waals surface area (Å²) in [5.41, 5.74) is 2.43. The summed E-state index contributed by atoms with van der Waals surface area (Å²) in [6.07, 6.45) is 0.443. The lowest BCUT2D eigenvalue weighted by atomic mass is 10.1. The van der Waals surface area contributed by atoms with Crippen molar-refractivity contribution in [1.29, 1.82) is 5.26 Å². The van der Waals surface area contributed by atoms with Gasteiger partial charge in [-0.25, -0.2) is 14.5 Å². The van der Waals surface area contributed by atoms with Crippen LogP contribution in [0.25, 0.3) is 17.1 Å². The standard InChI is InChI=1S/C21H21N5O2/c1-14-5-7-16(8-6-14)17-12-19(25(20(27)28)21(2,3)4)24-26(17)18-11-15(13-22)9-10-23-18/h5-12H,1-4H3,(H,27,28). The van der Waals surface area contributed by atoms with Crippen LogP contribution >= 0.6 is 0 Å². The van der Waals surface area contributed by atoms with Gasteiger partial charge in [0.25, 0.3) is 0 Å². The van der Waals surface area contributed by atoms with Gasteiger partial charge in [-0.15, -0.1) is 5.10 Å². The summed E-state index contributed by atoms with van der Waals surface area (Å²) in [5.74, 6) is 0.736. The van der Waals surface area contributed by atoms with Crippen molar-refractivity contribution in [3.05, 3.63) is 59.8 Å². The molecule has 142 valence electrons. The van der Waals surface area contributed by atoms with Gasteiger partial charge in [0.1, 0.15) is 0 Å². The first kappa shape index (κ1) is 19.1. The smallest absolute Gasteiger partial charge is 0.413 e. The maximum atomic E-state index is 11.9. The van der Waals surface area contributed by atoms with E-state index in [2.05, 4.69) is 16.2 Å². The number of benzene rings is 1. The molecule has 0 saturated heterocycles. The van der Waals surface area contributed by atoms with Crippen LogP contribution in [0.3, 0.4) is 0 Å². The Kier molecular flexibility index (Phi) is 4.89. The van der Waals surface area contributed by atoms with E-state index in [0.717, 1.165) is 11.1 Å². The number of amides is 1. The molecule has 0 atom stereocenters. The number of aryl methyl sites for hydroxylation is 1. The topological polar surface area (TPSA) is 95.0 Å². The Morgan fingerprint density at radius 1 is 1.18 bits per heavy atom. The highest BCUT2D eigenvalue weighted by Crippen LogP contribution is 2.30. The predicted molar refractivity (Wildman–Crippen MR) is 107 cm³/mol. The van der Waals surface area contributed by atoms with Crippen LogP contribution in [0.15, 0.2) is 48.7 Å². The fourth-order valence-corrected chi connectivity index (χ4v) is 2.91. The van der Waals surface area contributed by atoms with Gasteiger partial charge in [-0.05, 0) is 33.8 Å². The average Bonchev–Trinajstić information content (AvgIpc) is 3.05. The molecule has 2 heterocycles. The van der Waals surface area contributed by atoms with E-state index in [-0.39, 0.29) is 0 Å². The molecule has 0 radical (unpaired) electrons. The number of pyridine rings is 1. The Bertz CT molecular complexity index is 1060.